The van der Waals surface area contributed by atoms with E-state index >= 15 is 0 Å². The number of amides is 1. The van der Waals surface area contributed by atoms with Crippen molar-refractivity contribution in [3.8, 4) is 17.2 Å². The lowest BCUT2D eigenvalue weighted by Gasteiger charge is -2.60. The number of benzene rings is 2. The Morgan fingerprint density at radius 3 is 2.38 bits per heavy atom. The van der Waals surface area contributed by atoms with E-state index in [9.17, 15) is 15.0 Å². The number of ether oxygens (including phenoxy) is 4. The number of aliphatic hydroxyl groups is 2. The first-order chi connectivity index (χ1) is 26.4. The molecule has 2 N–H and O–H groups in total. The fraction of sp³-hybridized carbons (Fsp3) is 0.600. The van der Waals surface area contributed by atoms with E-state index in [2.05, 4.69) is 44.7 Å². The van der Waals surface area contributed by atoms with Crippen LogP contribution in [0, 0.1) is 31.6 Å². The number of rotatable bonds is 18. The molecule has 0 radical (unpaired) electrons. The van der Waals surface area contributed by atoms with Gasteiger partial charge in [0, 0.05) is 37.7 Å². The van der Waals surface area contributed by atoms with Crippen molar-refractivity contribution in [2.45, 2.75) is 123 Å². The van der Waals surface area contributed by atoms with E-state index in [0.717, 1.165) is 53.8 Å². The molecule has 0 unspecified atom stereocenters. The van der Waals surface area contributed by atoms with Crippen molar-refractivity contribution in [1.29, 1.82) is 0 Å². The normalized spacial score (nSPS) is 24.9. The zero-order chi connectivity index (χ0) is 39.8. The fourth-order valence-corrected chi connectivity index (χ4v) is 8.64. The van der Waals surface area contributed by atoms with Crippen LogP contribution < -0.4 is 9.47 Å². The molecular formula is C45H64N2O8. The Labute approximate surface area is 328 Å². The molecular weight excluding hydrogens is 697 g/mol. The second kappa shape index (κ2) is 18.9. The van der Waals surface area contributed by atoms with Gasteiger partial charge in [-0.1, -0.05) is 43.1 Å². The molecule has 1 heterocycles. The second-order valence-electron chi connectivity index (χ2n) is 16.2. The summed E-state index contributed by atoms with van der Waals surface area (Å²) >= 11 is 0. The van der Waals surface area contributed by atoms with Gasteiger partial charge in [0.2, 0.25) is 5.79 Å². The highest BCUT2D eigenvalue weighted by atomic mass is 16.7. The largest absolute Gasteiger partial charge is 0.459 e. The number of aryl methyl sites for hydroxylation is 2. The van der Waals surface area contributed by atoms with E-state index in [-0.39, 0.29) is 44.2 Å². The average Bonchev–Trinajstić information content (AvgIpc) is 3.15. The number of nitrogens with zero attached hydrogens (tertiary/aromatic N) is 2. The standard InChI is InChI=1S/C45H64N2O8/c1-9-22-47(43(50)51-11-3)40-29-38(46-55-44(6,7)8)36-27-32(16-12-14-23-48)35(17-13-15-24-49)41-37-28-34(53-33-19-18-30(4)31(5)26-33)20-21-39(37)54-45(40,42(36)41)52-25-10-2/h10,18-21,26-28,32,35,40-42,48-49H,2,9,11-17,22-25,29H2,1,3-8H3/t32-,35+,40-,41+,42+,45+/m0/s1. The lowest BCUT2D eigenvalue weighted by molar-refractivity contribution is -0.255. The van der Waals surface area contributed by atoms with E-state index in [1.165, 1.54) is 5.56 Å². The molecule has 0 aromatic heterocycles. The molecule has 1 aliphatic heterocycles. The van der Waals surface area contributed by atoms with Crippen LogP contribution in [-0.4, -0.2) is 77.3 Å². The van der Waals surface area contributed by atoms with Gasteiger partial charge in [0.05, 0.1) is 24.8 Å². The third kappa shape index (κ3) is 9.58. The molecule has 302 valence electrons. The minimum absolute atomic E-state index is 0.107. The van der Waals surface area contributed by atoms with Crippen LogP contribution >= 0.6 is 0 Å². The number of carbonyl (C=O) groups excluding carboxylic acids is 1. The Bertz CT molecular complexity index is 1680. The van der Waals surface area contributed by atoms with Gasteiger partial charge < -0.3 is 34.0 Å². The Kier molecular flexibility index (Phi) is 14.5. The van der Waals surface area contributed by atoms with Gasteiger partial charge in [-0.2, -0.15) is 0 Å². The first kappa shape index (κ1) is 42.3. The molecule has 2 aromatic rings. The SMILES string of the molecule is C=CCO[C@@]12Oc3ccc(Oc4ccc(C)c(C)c4)cc3[C@H]3[C@H](CCCCO)[C@@H](CCCCO)C=C(C(=NOC(C)(C)C)C[C@@H]1N(CCC)C(=O)OCC)[C@H]32. The molecule has 5 rings (SSSR count). The first-order valence-electron chi connectivity index (χ1n) is 20.4. The van der Waals surface area contributed by atoms with Crippen molar-refractivity contribution in [1.82, 2.24) is 4.90 Å². The number of fused-ring (bicyclic) bond motifs is 2. The molecule has 1 amide bonds. The molecule has 0 bridgehead atoms. The molecule has 6 atom stereocenters. The number of hydrogen-bond acceptors (Lipinski definition) is 9. The van der Waals surface area contributed by atoms with Crippen LogP contribution in [-0.2, 0) is 14.3 Å². The Balaban J connectivity index is 1.79. The maximum absolute atomic E-state index is 14.0. The predicted molar refractivity (Wildman–Crippen MR) is 216 cm³/mol. The lowest BCUT2D eigenvalue weighted by Crippen LogP contribution is -2.70. The lowest BCUT2D eigenvalue weighted by atomic mass is 9.55. The third-order valence-electron chi connectivity index (χ3n) is 11.1. The Morgan fingerprint density at radius 1 is 1.02 bits per heavy atom. The van der Waals surface area contributed by atoms with E-state index in [4.69, 9.17) is 28.9 Å². The minimum atomic E-state index is -1.33. The molecule has 1 saturated carbocycles. The van der Waals surface area contributed by atoms with Crippen LogP contribution in [0.3, 0.4) is 0 Å². The zero-order valence-electron chi connectivity index (χ0n) is 34.1. The zero-order valence-corrected chi connectivity index (χ0v) is 34.1. The molecule has 2 aliphatic carbocycles. The van der Waals surface area contributed by atoms with Crippen LogP contribution in [0.1, 0.15) is 109 Å². The Hall–Kier alpha value is -3.86. The van der Waals surface area contributed by atoms with Crippen LogP contribution in [0.2, 0.25) is 0 Å². The van der Waals surface area contributed by atoms with Gasteiger partial charge in [-0.05, 0) is 133 Å². The summed E-state index contributed by atoms with van der Waals surface area (Å²) in [5.41, 5.74) is 4.54. The second-order valence-corrected chi connectivity index (χ2v) is 16.2. The summed E-state index contributed by atoms with van der Waals surface area (Å²) < 4.78 is 26.5. The molecule has 2 aromatic carbocycles. The summed E-state index contributed by atoms with van der Waals surface area (Å²) in [6.45, 7) is 19.1. The van der Waals surface area contributed by atoms with Crippen molar-refractivity contribution < 1.29 is 38.8 Å². The molecule has 55 heavy (non-hydrogen) atoms. The summed E-state index contributed by atoms with van der Waals surface area (Å²) in [6, 6.07) is 11.5. The monoisotopic (exact) mass is 760 g/mol. The highest BCUT2D eigenvalue weighted by Gasteiger charge is 2.65. The maximum atomic E-state index is 14.0. The highest BCUT2D eigenvalue weighted by molar-refractivity contribution is 6.03. The maximum Gasteiger partial charge on any atom is 0.410 e. The number of allylic oxidation sites excluding steroid dienone is 1. The van der Waals surface area contributed by atoms with E-state index in [1.807, 2.05) is 52.8 Å². The van der Waals surface area contributed by atoms with Gasteiger partial charge in [-0.3, -0.25) is 4.90 Å². The van der Waals surface area contributed by atoms with Crippen LogP contribution in [0.25, 0.3) is 0 Å². The van der Waals surface area contributed by atoms with Crippen molar-refractivity contribution in [3.63, 3.8) is 0 Å². The van der Waals surface area contributed by atoms with E-state index in [0.29, 0.717) is 43.7 Å². The molecule has 10 heteroatoms. The van der Waals surface area contributed by atoms with Crippen LogP contribution in [0.4, 0.5) is 4.79 Å². The van der Waals surface area contributed by atoms with E-state index in [1.54, 1.807) is 11.0 Å². The summed E-state index contributed by atoms with van der Waals surface area (Å²) in [5, 5.41) is 24.6. The van der Waals surface area contributed by atoms with Gasteiger partial charge in [-0.25, -0.2) is 4.79 Å². The van der Waals surface area contributed by atoms with Gasteiger partial charge >= 0.3 is 6.09 Å². The molecule has 10 nitrogen and oxygen atoms in total. The predicted octanol–water partition coefficient (Wildman–Crippen LogP) is 9.40. The summed E-state index contributed by atoms with van der Waals surface area (Å²) in [4.78, 5) is 21.9. The van der Waals surface area contributed by atoms with Gasteiger partial charge in [0.15, 0.2) is 0 Å². The van der Waals surface area contributed by atoms with Crippen molar-refractivity contribution in [2.75, 3.05) is 33.0 Å². The van der Waals surface area contributed by atoms with E-state index < -0.39 is 29.4 Å². The summed E-state index contributed by atoms with van der Waals surface area (Å²) in [5.74, 6) is 0.480. The van der Waals surface area contributed by atoms with Crippen LogP contribution in [0.5, 0.6) is 17.2 Å². The number of oxime groups is 1. The molecule has 0 saturated heterocycles. The fourth-order valence-electron chi connectivity index (χ4n) is 8.64. The molecule has 3 aliphatic rings. The highest BCUT2D eigenvalue weighted by Crippen LogP contribution is 2.62. The third-order valence-corrected chi connectivity index (χ3v) is 11.1. The Morgan fingerprint density at radius 2 is 1.73 bits per heavy atom. The first-order valence-corrected chi connectivity index (χ1v) is 20.4. The van der Waals surface area contributed by atoms with Crippen molar-refractivity contribution in [3.05, 3.63) is 77.4 Å². The number of aliphatic hydroxyl groups excluding tert-OH is 2. The number of hydrogen-bond donors (Lipinski definition) is 2. The van der Waals surface area contributed by atoms with Crippen LogP contribution in [0.15, 0.2) is 65.9 Å². The topological polar surface area (TPSA) is 119 Å². The van der Waals surface area contributed by atoms with Gasteiger partial charge in [0.1, 0.15) is 28.9 Å². The molecule has 1 fully saturated rings. The molecule has 0 spiro atoms. The van der Waals surface area contributed by atoms with Gasteiger partial charge in [0.25, 0.3) is 0 Å². The number of unbranched alkanes of at least 4 members (excludes halogenated alkanes) is 2. The van der Waals surface area contributed by atoms with Gasteiger partial charge in [-0.15, -0.1) is 6.58 Å². The quantitative estimate of drug-likeness (QED) is 0.0877. The van der Waals surface area contributed by atoms with Crippen molar-refractivity contribution >= 4 is 11.8 Å². The smallest absolute Gasteiger partial charge is 0.410 e. The number of carbonyl (C=O) groups is 1. The average molecular weight is 761 g/mol. The summed E-state index contributed by atoms with van der Waals surface area (Å²) in [7, 11) is 0. The minimum Gasteiger partial charge on any atom is -0.459 e. The summed E-state index contributed by atoms with van der Waals surface area (Å²) in [6.07, 6.45) is 9.47. The van der Waals surface area contributed by atoms with Crippen molar-refractivity contribution in [2.24, 2.45) is 22.9 Å².